The Bertz CT molecular complexity index is 949. The molecule has 0 heterocycles. The number of hydrogen-bond acceptors (Lipinski definition) is 0. The SMILES string of the molecule is [CH3-].[CH3-].[CH]1[CH][CH][C](C([C]2[C]3C=CC=C[C]3[C]3C=CC=C[C]32)(c2ccccc2)c2ccccc2)[CH]1.[Hf+4]. The Kier molecular flexibility index (Phi) is 8.96. The normalized spacial score (nSPS) is 20.9. The molecule has 0 unspecified atom stereocenters. The van der Waals surface area contributed by atoms with Gasteiger partial charge in [0.2, 0.25) is 0 Å². The zero-order valence-corrected chi connectivity index (χ0v) is 23.3. The van der Waals surface area contributed by atoms with E-state index in [4.69, 9.17) is 0 Å². The molecule has 2 aromatic rings. The van der Waals surface area contributed by atoms with Crippen LogP contribution >= 0.6 is 0 Å². The number of rotatable bonds is 4. The summed E-state index contributed by atoms with van der Waals surface area (Å²) in [6.45, 7) is 0. The van der Waals surface area contributed by atoms with E-state index in [0.717, 1.165) is 0 Å². The molecule has 0 amide bonds. The van der Waals surface area contributed by atoms with Crippen LogP contribution in [0.4, 0.5) is 0 Å². The summed E-state index contributed by atoms with van der Waals surface area (Å²) in [5.41, 5.74) is 2.16. The molecule has 6 rings (SSSR count). The molecular weight excluding hydrogens is 575 g/mol. The molecular formula is C33H28Hf+2. The molecule has 0 aromatic heterocycles. The van der Waals surface area contributed by atoms with Crippen molar-refractivity contribution in [3.05, 3.63) is 196 Å². The van der Waals surface area contributed by atoms with E-state index in [1.807, 2.05) is 0 Å². The summed E-state index contributed by atoms with van der Waals surface area (Å²) in [6, 6.07) is 21.9. The second kappa shape index (κ2) is 11.3. The summed E-state index contributed by atoms with van der Waals surface area (Å²) in [6.07, 6.45) is 26.6. The summed E-state index contributed by atoms with van der Waals surface area (Å²) in [4.78, 5) is 0. The van der Waals surface area contributed by atoms with E-state index in [9.17, 15) is 0 Å². The summed E-state index contributed by atoms with van der Waals surface area (Å²) in [5, 5.41) is 0. The monoisotopic (exact) mass is 604 g/mol. The molecule has 2 saturated carbocycles. The molecule has 10 radical (unpaired) electrons. The third-order valence-electron chi connectivity index (χ3n) is 6.57. The maximum absolute atomic E-state index is 2.29. The second-order valence-corrected chi connectivity index (χ2v) is 8.12. The molecule has 0 N–H and O–H groups in total. The minimum absolute atomic E-state index is 0. The van der Waals surface area contributed by atoms with Crippen LogP contribution in [-0.2, 0) is 31.3 Å². The van der Waals surface area contributed by atoms with Crippen LogP contribution in [0.1, 0.15) is 11.1 Å². The molecule has 0 nitrogen and oxygen atoms in total. The molecule has 0 atom stereocenters. The van der Waals surface area contributed by atoms with Crippen molar-refractivity contribution in [1.82, 2.24) is 0 Å². The summed E-state index contributed by atoms with van der Waals surface area (Å²) in [5.74, 6) is 7.93. The van der Waals surface area contributed by atoms with Crippen molar-refractivity contribution in [1.29, 1.82) is 0 Å². The first kappa shape index (κ1) is 26.9. The van der Waals surface area contributed by atoms with Crippen molar-refractivity contribution in [2.45, 2.75) is 5.41 Å². The van der Waals surface area contributed by atoms with E-state index in [1.54, 1.807) is 0 Å². The predicted molar refractivity (Wildman–Crippen MR) is 140 cm³/mol. The maximum atomic E-state index is 2.29. The molecule has 4 aliphatic carbocycles. The van der Waals surface area contributed by atoms with Gasteiger partial charge in [-0.1, -0.05) is 109 Å². The van der Waals surface area contributed by atoms with Crippen LogP contribution in [0.15, 0.2) is 109 Å². The molecule has 0 saturated heterocycles. The third kappa shape index (κ3) is 4.13. The van der Waals surface area contributed by atoms with Crippen molar-refractivity contribution in [3.63, 3.8) is 0 Å². The standard InChI is InChI=1S/C31H22.2CH3.Hf/c1-3-13-23(14-4-1)31(25-17-7-8-18-25,24-15-5-2-6-16-24)30-28-21-11-9-19-26(28)27-20-10-12-22-29(27)30;;;/h1-22H;2*1H3;/q;2*-1;+4. The predicted octanol–water partition coefficient (Wildman–Crippen LogP) is 7.41. The Hall–Kier alpha value is -1.73. The average molecular weight is 603 g/mol. The molecule has 0 aliphatic heterocycles. The third-order valence-corrected chi connectivity index (χ3v) is 6.57. The van der Waals surface area contributed by atoms with Gasteiger partial charge in [0.25, 0.3) is 0 Å². The number of fused-ring (bicyclic) bond motifs is 3. The van der Waals surface area contributed by atoms with Crippen molar-refractivity contribution in [3.8, 4) is 0 Å². The van der Waals surface area contributed by atoms with Gasteiger partial charge in [0.05, 0.1) is 0 Å². The number of benzene rings is 2. The van der Waals surface area contributed by atoms with Crippen LogP contribution in [-0.4, -0.2) is 0 Å². The Morgan fingerprint density at radius 3 is 1.26 bits per heavy atom. The number of hydrogen-bond donors (Lipinski definition) is 0. The molecule has 34 heavy (non-hydrogen) atoms. The Balaban J connectivity index is 0.00000108. The van der Waals surface area contributed by atoms with Crippen LogP contribution in [0, 0.1) is 76.0 Å². The van der Waals surface area contributed by atoms with Gasteiger partial charge in [-0.15, -0.1) is 0 Å². The van der Waals surface area contributed by atoms with Crippen LogP contribution in [0.25, 0.3) is 0 Å². The second-order valence-electron chi connectivity index (χ2n) is 8.12. The van der Waals surface area contributed by atoms with E-state index < -0.39 is 5.41 Å². The Morgan fingerprint density at radius 2 is 0.853 bits per heavy atom. The van der Waals surface area contributed by atoms with Gasteiger partial charge in [-0.25, -0.2) is 0 Å². The Labute approximate surface area is 226 Å². The van der Waals surface area contributed by atoms with E-state index in [0.29, 0.717) is 0 Å². The zero-order chi connectivity index (χ0) is 20.7. The summed E-state index contributed by atoms with van der Waals surface area (Å²) < 4.78 is 0. The van der Waals surface area contributed by atoms with Crippen LogP contribution < -0.4 is 0 Å². The smallest absolute Gasteiger partial charge is 0.358 e. The summed E-state index contributed by atoms with van der Waals surface area (Å²) >= 11 is 0. The zero-order valence-electron chi connectivity index (χ0n) is 19.7. The fraction of sp³-hybridized carbons (Fsp3) is 0.0303. The molecule has 4 aliphatic rings. The van der Waals surface area contributed by atoms with Crippen molar-refractivity contribution >= 4 is 0 Å². The van der Waals surface area contributed by atoms with Gasteiger partial charge in [-0.2, -0.15) is 0 Å². The molecule has 2 fully saturated rings. The fourth-order valence-electron chi connectivity index (χ4n) is 5.35. The summed E-state index contributed by atoms with van der Waals surface area (Å²) in [7, 11) is 0. The molecule has 0 bridgehead atoms. The quantitative estimate of drug-likeness (QED) is 0.252. The van der Waals surface area contributed by atoms with E-state index in [1.165, 1.54) is 46.6 Å². The van der Waals surface area contributed by atoms with Crippen LogP contribution in [0.5, 0.6) is 0 Å². The number of allylic oxidation sites excluding steroid dienone is 8. The van der Waals surface area contributed by atoms with Gasteiger partial charge in [-0.3, -0.25) is 0 Å². The first-order valence-electron chi connectivity index (χ1n) is 10.8. The minimum Gasteiger partial charge on any atom is -0.358 e. The topological polar surface area (TPSA) is 0 Å². The fourth-order valence-corrected chi connectivity index (χ4v) is 5.35. The largest absolute Gasteiger partial charge is 4.00 e. The van der Waals surface area contributed by atoms with Crippen molar-refractivity contribution in [2.24, 2.45) is 0 Å². The van der Waals surface area contributed by atoms with Gasteiger partial charge < -0.3 is 14.9 Å². The van der Waals surface area contributed by atoms with Crippen LogP contribution in [0.3, 0.4) is 0 Å². The average Bonchev–Trinajstić information content (AvgIpc) is 3.49. The van der Waals surface area contributed by atoms with Crippen LogP contribution in [0.2, 0.25) is 0 Å². The maximum Gasteiger partial charge on any atom is 4.00 e. The van der Waals surface area contributed by atoms with Gasteiger partial charge in [-0.05, 0) is 42.7 Å². The van der Waals surface area contributed by atoms with E-state index >= 15 is 0 Å². The molecule has 162 valence electrons. The molecule has 0 spiro atoms. The first-order valence-corrected chi connectivity index (χ1v) is 10.8. The Morgan fingerprint density at radius 1 is 0.471 bits per heavy atom. The van der Waals surface area contributed by atoms with Gasteiger partial charge >= 0.3 is 25.8 Å². The van der Waals surface area contributed by atoms with Crippen molar-refractivity contribution in [2.75, 3.05) is 0 Å². The molecule has 2 aromatic carbocycles. The molecule has 1 heteroatoms. The van der Waals surface area contributed by atoms with Gasteiger partial charge in [0.1, 0.15) is 0 Å². The minimum atomic E-state index is -0.408. The van der Waals surface area contributed by atoms with Gasteiger partial charge in [0.15, 0.2) is 0 Å². The van der Waals surface area contributed by atoms with E-state index in [-0.39, 0.29) is 40.7 Å². The van der Waals surface area contributed by atoms with E-state index in [2.05, 4.69) is 135 Å². The van der Waals surface area contributed by atoms with Crippen molar-refractivity contribution < 1.29 is 25.8 Å². The van der Waals surface area contributed by atoms with Gasteiger partial charge in [0, 0.05) is 35.0 Å². The first-order chi connectivity index (χ1) is 15.4.